The van der Waals surface area contributed by atoms with E-state index < -0.39 is 5.97 Å². The molecule has 0 bridgehead atoms. The third-order valence-electron chi connectivity index (χ3n) is 5.05. The van der Waals surface area contributed by atoms with Gasteiger partial charge in [0.2, 0.25) is 0 Å². The zero-order chi connectivity index (χ0) is 18.8. The van der Waals surface area contributed by atoms with Gasteiger partial charge in [0.1, 0.15) is 5.75 Å². The van der Waals surface area contributed by atoms with Crippen LogP contribution in [0, 0.1) is 0 Å². The first kappa shape index (κ1) is 17.1. The van der Waals surface area contributed by atoms with Crippen molar-refractivity contribution >= 4 is 17.1 Å². The molecule has 3 nitrogen and oxygen atoms in total. The van der Waals surface area contributed by atoms with Crippen molar-refractivity contribution in [3.8, 4) is 5.75 Å². The summed E-state index contributed by atoms with van der Waals surface area (Å²) in [5, 5.41) is 19.4. The average molecular weight is 356 g/mol. The second-order valence-electron chi connectivity index (χ2n) is 6.80. The number of aromatic carboxylic acids is 1. The fourth-order valence-electron chi connectivity index (χ4n) is 3.84. The van der Waals surface area contributed by atoms with Crippen LogP contribution in [0.15, 0.2) is 72.8 Å². The third-order valence-corrected chi connectivity index (χ3v) is 5.05. The standard InChI is InChI=1S/C24H20O3/c25-20-10-4-9-18(15-20)23-21(16-6-2-1-3-7-16)11-5-8-17-14-19(24(26)27)12-13-22(17)23/h1-4,6-7,9-10,12-15,25H,5,8,11H2,(H,26,27). The number of aryl methyl sites for hydroxylation is 1. The number of carboxylic acids is 1. The van der Waals surface area contributed by atoms with Gasteiger partial charge in [0, 0.05) is 0 Å². The molecule has 0 spiro atoms. The minimum Gasteiger partial charge on any atom is -0.508 e. The van der Waals surface area contributed by atoms with Crippen molar-refractivity contribution in [1.82, 2.24) is 0 Å². The SMILES string of the molecule is O=C(O)c1ccc2c(c1)CCCC(c1ccccc1)=C2c1cccc(O)c1. The van der Waals surface area contributed by atoms with Gasteiger partial charge in [0.15, 0.2) is 0 Å². The van der Waals surface area contributed by atoms with Crippen LogP contribution in [0.3, 0.4) is 0 Å². The summed E-state index contributed by atoms with van der Waals surface area (Å²) in [5.41, 5.74) is 6.80. The number of phenols is 1. The molecule has 134 valence electrons. The van der Waals surface area contributed by atoms with Gasteiger partial charge in [-0.1, -0.05) is 48.5 Å². The van der Waals surface area contributed by atoms with Crippen LogP contribution in [-0.4, -0.2) is 16.2 Å². The minimum atomic E-state index is -0.909. The van der Waals surface area contributed by atoms with E-state index in [0.29, 0.717) is 5.56 Å². The van der Waals surface area contributed by atoms with Crippen molar-refractivity contribution in [2.75, 3.05) is 0 Å². The van der Waals surface area contributed by atoms with Gasteiger partial charge in [-0.25, -0.2) is 4.79 Å². The molecule has 0 aliphatic heterocycles. The summed E-state index contributed by atoms with van der Waals surface area (Å²) in [6, 6.07) is 22.9. The van der Waals surface area contributed by atoms with Gasteiger partial charge in [-0.2, -0.15) is 0 Å². The molecule has 0 heterocycles. The molecule has 0 unspecified atom stereocenters. The number of fused-ring (bicyclic) bond motifs is 1. The van der Waals surface area contributed by atoms with Crippen molar-refractivity contribution in [2.24, 2.45) is 0 Å². The zero-order valence-corrected chi connectivity index (χ0v) is 14.9. The van der Waals surface area contributed by atoms with Crippen molar-refractivity contribution in [1.29, 1.82) is 0 Å². The Morgan fingerprint density at radius 2 is 1.59 bits per heavy atom. The number of rotatable bonds is 3. The molecule has 0 atom stereocenters. The maximum atomic E-state index is 11.4. The lowest BCUT2D eigenvalue weighted by Crippen LogP contribution is -2.01. The van der Waals surface area contributed by atoms with Crippen LogP contribution in [-0.2, 0) is 6.42 Å². The maximum absolute atomic E-state index is 11.4. The van der Waals surface area contributed by atoms with Gasteiger partial charge in [-0.15, -0.1) is 0 Å². The highest BCUT2D eigenvalue weighted by molar-refractivity contribution is 6.00. The number of carboxylic acid groups (broad SMARTS) is 1. The first-order valence-electron chi connectivity index (χ1n) is 9.08. The average Bonchev–Trinajstić information content (AvgIpc) is 2.87. The van der Waals surface area contributed by atoms with Crippen molar-refractivity contribution in [3.63, 3.8) is 0 Å². The number of carbonyl (C=O) groups is 1. The van der Waals surface area contributed by atoms with Gasteiger partial charge >= 0.3 is 5.97 Å². The Bertz CT molecular complexity index is 1030. The van der Waals surface area contributed by atoms with Gasteiger partial charge in [-0.3, -0.25) is 0 Å². The Morgan fingerprint density at radius 1 is 0.815 bits per heavy atom. The Labute approximate surface area is 158 Å². The molecule has 3 heteroatoms. The molecule has 0 fully saturated rings. The van der Waals surface area contributed by atoms with Crippen LogP contribution in [0.1, 0.15) is 45.5 Å². The molecule has 0 radical (unpaired) electrons. The molecule has 1 aliphatic carbocycles. The van der Waals surface area contributed by atoms with Crippen LogP contribution in [0.25, 0.3) is 11.1 Å². The molecule has 3 aromatic carbocycles. The smallest absolute Gasteiger partial charge is 0.335 e. The molecule has 1 aliphatic rings. The predicted molar refractivity (Wildman–Crippen MR) is 107 cm³/mol. The first-order valence-corrected chi connectivity index (χ1v) is 9.08. The quantitative estimate of drug-likeness (QED) is 0.662. The van der Waals surface area contributed by atoms with Crippen LogP contribution in [0.2, 0.25) is 0 Å². The Hall–Kier alpha value is -3.33. The molecule has 27 heavy (non-hydrogen) atoms. The second-order valence-corrected chi connectivity index (χ2v) is 6.80. The molecule has 0 amide bonds. The number of aromatic hydroxyl groups is 1. The Balaban J connectivity index is 2.01. The van der Waals surface area contributed by atoms with Crippen molar-refractivity contribution in [3.05, 3.63) is 101 Å². The number of benzene rings is 3. The van der Waals surface area contributed by atoms with E-state index in [9.17, 15) is 15.0 Å². The maximum Gasteiger partial charge on any atom is 0.335 e. The third kappa shape index (κ3) is 3.36. The molecule has 4 rings (SSSR count). The topological polar surface area (TPSA) is 57.5 Å². The lowest BCUT2D eigenvalue weighted by atomic mass is 9.87. The summed E-state index contributed by atoms with van der Waals surface area (Å²) < 4.78 is 0. The summed E-state index contributed by atoms with van der Waals surface area (Å²) in [6.07, 6.45) is 2.67. The molecule has 3 aromatic rings. The zero-order valence-electron chi connectivity index (χ0n) is 14.9. The highest BCUT2D eigenvalue weighted by Gasteiger charge is 2.21. The van der Waals surface area contributed by atoms with Gasteiger partial charge < -0.3 is 10.2 Å². The summed E-state index contributed by atoms with van der Waals surface area (Å²) in [7, 11) is 0. The van der Waals surface area contributed by atoms with Crippen LogP contribution < -0.4 is 0 Å². The van der Waals surface area contributed by atoms with Gasteiger partial charge in [0.05, 0.1) is 5.56 Å². The Kier molecular flexibility index (Phi) is 4.51. The van der Waals surface area contributed by atoms with E-state index in [4.69, 9.17) is 0 Å². The fourth-order valence-corrected chi connectivity index (χ4v) is 3.84. The van der Waals surface area contributed by atoms with Crippen LogP contribution >= 0.6 is 0 Å². The summed E-state index contributed by atoms with van der Waals surface area (Å²) in [4.78, 5) is 11.4. The highest BCUT2D eigenvalue weighted by atomic mass is 16.4. The molecule has 0 saturated heterocycles. The first-order chi connectivity index (χ1) is 13.1. The van der Waals surface area contributed by atoms with Gasteiger partial charge in [0.25, 0.3) is 0 Å². The van der Waals surface area contributed by atoms with E-state index in [1.54, 1.807) is 24.3 Å². The monoisotopic (exact) mass is 356 g/mol. The molecule has 0 saturated carbocycles. The van der Waals surface area contributed by atoms with Crippen LogP contribution in [0.4, 0.5) is 0 Å². The summed E-state index contributed by atoms with van der Waals surface area (Å²) in [5.74, 6) is -0.687. The number of hydrogen-bond acceptors (Lipinski definition) is 2. The van der Waals surface area contributed by atoms with E-state index in [0.717, 1.165) is 47.1 Å². The largest absolute Gasteiger partial charge is 0.508 e. The second kappa shape index (κ2) is 7.12. The number of allylic oxidation sites excluding steroid dienone is 1. The fraction of sp³-hybridized carbons (Fsp3) is 0.125. The van der Waals surface area contributed by atoms with E-state index in [-0.39, 0.29) is 5.75 Å². The predicted octanol–water partition coefficient (Wildman–Crippen LogP) is 5.39. The van der Waals surface area contributed by atoms with E-state index in [1.165, 1.54) is 5.57 Å². The normalized spacial score (nSPS) is 13.8. The van der Waals surface area contributed by atoms with E-state index >= 15 is 0 Å². The molecule has 2 N–H and O–H groups in total. The van der Waals surface area contributed by atoms with Crippen molar-refractivity contribution < 1.29 is 15.0 Å². The lowest BCUT2D eigenvalue weighted by molar-refractivity contribution is 0.0696. The lowest BCUT2D eigenvalue weighted by Gasteiger charge is -2.17. The summed E-state index contributed by atoms with van der Waals surface area (Å²) in [6.45, 7) is 0. The minimum absolute atomic E-state index is 0.223. The summed E-state index contributed by atoms with van der Waals surface area (Å²) >= 11 is 0. The molecular formula is C24H20O3. The van der Waals surface area contributed by atoms with E-state index in [1.807, 2.05) is 36.4 Å². The van der Waals surface area contributed by atoms with Crippen molar-refractivity contribution in [2.45, 2.75) is 19.3 Å². The molecular weight excluding hydrogens is 336 g/mol. The molecule has 0 aromatic heterocycles. The highest BCUT2D eigenvalue weighted by Crippen LogP contribution is 2.40. The van der Waals surface area contributed by atoms with E-state index in [2.05, 4.69) is 12.1 Å². The van der Waals surface area contributed by atoms with Gasteiger partial charge in [-0.05, 0) is 76.9 Å². The number of phenolic OH excluding ortho intramolecular Hbond substituents is 1. The Morgan fingerprint density at radius 3 is 2.33 bits per heavy atom. The van der Waals surface area contributed by atoms with Crippen LogP contribution in [0.5, 0.6) is 5.75 Å². The number of hydrogen-bond donors (Lipinski definition) is 2.